The first-order valence-electron chi connectivity index (χ1n) is 5.65. The molecule has 106 valence electrons. The van der Waals surface area contributed by atoms with Crippen LogP contribution in [0.25, 0.3) is 5.69 Å². The van der Waals surface area contributed by atoms with Crippen molar-refractivity contribution < 1.29 is 18.0 Å². The van der Waals surface area contributed by atoms with Crippen LogP contribution < -0.4 is 4.90 Å². The molecule has 2 rings (SSSR count). The quantitative estimate of drug-likeness (QED) is 0.868. The highest BCUT2D eigenvalue weighted by molar-refractivity contribution is 5.92. The molecule has 0 aliphatic carbocycles. The number of rotatable bonds is 3. The number of hydrogen-bond donors (Lipinski definition) is 0. The number of pyridine rings is 1. The topological polar surface area (TPSA) is 51.0 Å². The fourth-order valence-electron chi connectivity index (χ4n) is 1.55. The molecule has 0 atom stereocenters. The summed E-state index contributed by atoms with van der Waals surface area (Å²) in [6.07, 6.45) is -0.0972. The number of alkyl halides is 3. The zero-order valence-electron chi connectivity index (χ0n) is 10.5. The summed E-state index contributed by atoms with van der Waals surface area (Å²) in [6, 6.07) is 3.44. The van der Waals surface area contributed by atoms with E-state index in [2.05, 4.69) is 10.1 Å². The molecule has 0 bridgehead atoms. The number of amides is 1. The number of hydrogen-bond acceptors (Lipinski definition) is 3. The molecule has 8 heteroatoms. The van der Waals surface area contributed by atoms with Gasteiger partial charge in [0.15, 0.2) is 0 Å². The van der Waals surface area contributed by atoms with Crippen molar-refractivity contribution in [2.45, 2.75) is 12.6 Å². The van der Waals surface area contributed by atoms with Crippen molar-refractivity contribution in [2.75, 3.05) is 11.9 Å². The number of halogens is 3. The molecule has 0 aromatic carbocycles. The molecule has 2 aromatic heterocycles. The SMILES string of the molecule is CN(C(=O)CC(F)(F)F)c1cnn(-c2cccnc2)c1. The van der Waals surface area contributed by atoms with Gasteiger partial charge < -0.3 is 4.90 Å². The summed E-state index contributed by atoms with van der Waals surface area (Å²) in [6.45, 7) is 0. The van der Waals surface area contributed by atoms with E-state index in [1.807, 2.05) is 0 Å². The molecule has 0 unspecified atom stereocenters. The summed E-state index contributed by atoms with van der Waals surface area (Å²) in [5.41, 5.74) is 0.929. The zero-order chi connectivity index (χ0) is 14.8. The number of carbonyl (C=O) groups excluding carboxylic acids is 1. The minimum absolute atomic E-state index is 0.281. The summed E-state index contributed by atoms with van der Waals surface area (Å²) in [4.78, 5) is 16.3. The third-order valence-electron chi connectivity index (χ3n) is 2.59. The lowest BCUT2D eigenvalue weighted by molar-refractivity contribution is -0.151. The van der Waals surface area contributed by atoms with Gasteiger partial charge in [-0.2, -0.15) is 18.3 Å². The van der Waals surface area contributed by atoms with Crippen LogP contribution in [0.5, 0.6) is 0 Å². The van der Waals surface area contributed by atoms with Gasteiger partial charge in [-0.1, -0.05) is 0 Å². The largest absolute Gasteiger partial charge is 0.397 e. The molecule has 0 radical (unpaired) electrons. The van der Waals surface area contributed by atoms with E-state index in [0.717, 1.165) is 4.90 Å². The van der Waals surface area contributed by atoms with Crippen LogP contribution in [0.15, 0.2) is 36.9 Å². The van der Waals surface area contributed by atoms with Gasteiger partial charge in [0, 0.05) is 13.2 Å². The lowest BCUT2D eigenvalue weighted by Gasteiger charge is -2.15. The molecule has 1 amide bonds. The van der Waals surface area contributed by atoms with E-state index in [1.54, 1.807) is 24.5 Å². The fourth-order valence-corrected chi connectivity index (χ4v) is 1.55. The van der Waals surface area contributed by atoms with Gasteiger partial charge in [-0.25, -0.2) is 4.68 Å². The molecule has 0 saturated carbocycles. The van der Waals surface area contributed by atoms with Gasteiger partial charge in [0.2, 0.25) is 5.91 Å². The lowest BCUT2D eigenvalue weighted by atomic mass is 10.3. The van der Waals surface area contributed by atoms with Crippen LogP contribution in [0.3, 0.4) is 0 Å². The summed E-state index contributed by atoms with van der Waals surface area (Å²) >= 11 is 0. The molecular formula is C12H11F3N4O. The summed E-state index contributed by atoms with van der Waals surface area (Å²) < 4.78 is 38.0. The second kappa shape index (κ2) is 5.32. The Hall–Kier alpha value is -2.38. The Morgan fingerprint density at radius 3 is 2.75 bits per heavy atom. The monoisotopic (exact) mass is 284 g/mol. The van der Waals surface area contributed by atoms with Gasteiger partial charge in [-0.3, -0.25) is 9.78 Å². The Morgan fingerprint density at radius 2 is 2.15 bits per heavy atom. The second-order valence-electron chi connectivity index (χ2n) is 4.10. The van der Waals surface area contributed by atoms with Crippen LogP contribution in [-0.4, -0.2) is 33.9 Å². The van der Waals surface area contributed by atoms with Crippen LogP contribution in [0.2, 0.25) is 0 Å². The average Bonchev–Trinajstić information content (AvgIpc) is 2.86. The predicted molar refractivity (Wildman–Crippen MR) is 65.4 cm³/mol. The fraction of sp³-hybridized carbons (Fsp3) is 0.250. The summed E-state index contributed by atoms with van der Waals surface area (Å²) in [5.74, 6) is -1.04. The van der Waals surface area contributed by atoms with Crippen LogP contribution in [0.4, 0.5) is 18.9 Å². The maximum atomic E-state index is 12.2. The smallest absolute Gasteiger partial charge is 0.312 e. The lowest BCUT2D eigenvalue weighted by Crippen LogP contribution is -2.30. The van der Waals surface area contributed by atoms with Crippen LogP contribution in [-0.2, 0) is 4.79 Å². The molecule has 0 spiro atoms. The molecule has 2 heterocycles. The molecule has 0 aliphatic rings. The normalized spacial score (nSPS) is 11.4. The summed E-state index contributed by atoms with van der Waals surface area (Å²) in [7, 11) is 1.28. The number of aromatic nitrogens is 3. The van der Waals surface area contributed by atoms with Gasteiger partial charge in [-0.05, 0) is 12.1 Å². The first kappa shape index (κ1) is 14.0. The third-order valence-corrected chi connectivity index (χ3v) is 2.59. The summed E-state index contributed by atoms with van der Waals surface area (Å²) in [5, 5.41) is 3.99. The highest BCUT2D eigenvalue weighted by Gasteiger charge is 2.33. The Bertz CT molecular complexity index is 594. The minimum atomic E-state index is -4.52. The Morgan fingerprint density at radius 1 is 1.40 bits per heavy atom. The van der Waals surface area contributed by atoms with Crippen LogP contribution >= 0.6 is 0 Å². The van der Waals surface area contributed by atoms with Crippen molar-refractivity contribution in [3.8, 4) is 5.69 Å². The molecular weight excluding hydrogens is 273 g/mol. The molecule has 0 fully saturated rings. The third kappa shape index (κ3) is 3.34. The van der Waals surface area contributed by atoms with E-state index >= 15 is 0 Å². The molecule has 0 N–H and O–H groups in total. The number of nitrogens with zero attached hydrogens (tertiary/aromatic N) is 4. The highest BCUT2D eigenvalue weighted by Crippen LogP contribution is 2.22. The van der Waals surface area contributed by atoms with Gasteiger partial charge >= 0.3 is 6.18 Å². The first-order valence-corrected chi connectivity index (χ1v) is 5.65. The standard InChI is InChI=1S/C12H11F3N4O/c1-18(11(20)5-12(13,14)15)10-7-17-19(8-10)9-3-2-4-16-6-9/h2-4,6-8H,5H2,1H3. The predicted octanol–water partition coefficient (Wildman–Crippen LogP) is 2.18. The molecule has 2 aromatic rings. The number of carbonyl (C=O) groups is 1. The van der Waals surface area contributed by atoms with E-state index in [9.17, 15) is 18.0 Å². The molecule has 5 nitrogen and oxygen atoms in total. The van der Waals surface area contributed by atoms with Crippen LogP contribution in [0, 0.1) is 0 Å². The van der Waals surface area contributed by atoms with Crippen molar-refractivity contribution >= 4 is 11.6 Å². The van der Waals surface area contributed by atoms with Crippen molar-refractivity contribution in [3.63, 3.8) is 0 Å². The molecule has 0 aliphatic heterocycles. The molecule has 0 saturated heterocycles. The van der Waals surface area contributed by atoms with Crippen molar-refractivity contribution in [1.82, 2.24) is 14.8 Å². The Balaban J connectivity index is 2.15. The van der Waals surface area contributed by atoms with Gasteiger partial charge in [0.05, 0.1) is 30.0 Å². The maximum Gasteiger partial charge on any atom is 0.397 e. The van der Waals surface area contributed by atoms with Crippen molar-refractivity contribution in [2.24, 2.45) is 0 Å². The van der Waals surface area contributed by atoms with Crippen LogP contribution in [0.1, 0.15) is 6.42 Å². The highest BCUT2D eigenvalue weighted by atomic mass is 19.4. The Kier molecular flexibility index (Phi) is 3.73. The number of anilines is 1. The van der Waals surface area contributed by atoms with E-state index in [0.29, 0.717) is 5.69 Å². The van der Waals surface area contributed by atoms with Gasteiger partial charge in [-0.15, -0.1) is 0 Å². The van der Waals surface area contributed by atoms with E-state index in [-0.39, 0.29) is 5.69 Å². The molecule has 20 heavy (non-hydrogen) atoms. The first-order chi connectivity index (χ1) is 9.37. The minimum Gasteiger partial charge on any atom is -0.312 e. The zero-order valence-corrected chi connectivity index (χ0v) is 10.5. The van der Waals surface area contributed by atoms with E-state index < -0.39 is 18.5 Å². The van der Waals surface area contributed by atoms with Gasteiger partial charge in [0.25, 0.3) is 0 Å². The van der Waals surface area contributed by atoms with Gasteiger partial charge in [0.1, 0.15) is 6.42 Å². The maximum absolute atomic E-state index is 12.2. The Labute approximate surface area is 112 Å². The van der Waals surface area contributed by atoms with E-state index in [4.69, 9.17) is 0 Å². The van der Waals surface area contributed by atoms with Crippen molar-refractivity contribution in [3.05, 3.63) is 36.9 Å². The van der Waals surface area contributed by atoms with E-state index in [1.165, 1.54) is 24.1 Å². The second-order valence-corrected chi connectivity index (χ2v) is 4.10. The van der Waals surface area contributed by atoms with Crippen molar-refractivity contribution in [1.29, 1.82) is 0 Å². The average molecular weight is 284 g/mol.